The van der Waals surface area contributed by atoms with Crippen LogP contribution in [0.2, 0.25) is 0 Å². The van der Waals surface area contributed by atoms with Gasteiger partial charge >= 0.3 is 0 Å². The van der Waals surface area contributed by atoms with E-state index in [1.54, 1.807) is 0 Å². The molecule has 0 spiro atoms. The van der Waals surface area contributed by atoms with E-state index in [1.807, 2.05) is 0 Å². The van der Waals surface area contributed by atoms with Gasteiger partial charge in [-0.2, -0.15) is 0 Å². The molecule has 0 amide bonds. The van der Waals surface area contributed by atoms with E-state index in [2.05, 4.69) is 254 Å². The summed E-state index contributed by atoms with van der Waals surface area (Å²) < 4.78 is 0. The van der Waals surface area contributed by atoms with Crippen molar-refractivity contribution in [3.8, 4) is 44.5 Å². The highest BCUT2D eigenvalue weighted by Gasteiger charge is 2.20. The van der Waals surface area contributed by atoms with Crippen molar-refractivity contribution in [1.82, 2.24) is 0 Å². The molecule has 1 heteroatoms. The van der Waals surface area contributed by atoms with E-state index >= 15 is 0 Å². The Balaban J connectivity index is 0.971. The van der Waals surface area contributed by atoms with Crippen molar-refractivity contribution in [2.75, 3.05) is 4.90 Å². The van der Waals surface area contributed by atoms with Crippen molar-refractivity contribution in [3.63, 3.8) is 0 Å². The molecule has 0 saturated heterocycles. The largest absolute Gasteiger partial charge is 0.310 e. The fourth-order valence-electron chi connectivity index (χ4n) is 9.81. The van der Waals surface area contributed by atoms with Crippen molar-refractivity contribution in [2.24, 2.45) is 0 Å². The van der Waals surface area contributed by atoms with E-state index in [0.717, 1.165) is 17.1 Å². The van der Waals surface area contributed by atoms with Gasteiger partial charge in [-0.05, 0) is 135 Å². The highest BCUT2D eigenvalue weighted by atomic mass is 15.1. The van der Waals surface area contributed by atoms with E-state index in [9.17, 15) is 0 Å². The van der Waals surface area contributed by atoms with Gasteiger partial charge in [0.05, 0.1) is 5.69 Å². The molecule has 0 radical (unpaired) electrons. The van der Waals surface area contributed by atoms with E-state index in [4.69, 9.17) is 0 Å². The van der Waals surface area contributed by atoms with Gasteiger partial charge in [-0.25, -0.2) is 0 Å². The molecule has 0 heterocycles. The van der Waals surface area contributed by atoms with Crippen LogP contribution in [0.5, 0.6) is 0 Å². The molecule has 1 nitrogen and oxygen atoms in total. The van der Waals surface area contributed by atoms with Crippen LogP contribution in [0.4, 0.5) is 17.1 Å². The van der Waals surface area contributed by atoms with Gasteiger partial charge in [-0.15, -0.1) is 0 Å². The summed E-state index contributed by atoms with van der Waals surface area (Å²) in [6.45, 7) is 0. The molecule has 63 heavy (non-hydrogen) atoms. The molecule has 12 rings (SSSR count). The first kappa shape index (κ1) is 36.6. The molecule has 12 aromatic carbocycles. The van der Waals surface area contributed by atoms with Crippen molar-refractivity contribution < 1.29 is 0 Å². The van der Waals surface area contributed by atoms with Gasteiger partial charge in [-0.1, -0.05) is 206 Å². The summed E-state index contributed by atoms with van der Waals surface area (Å²) in [4.78, 5) is 2.40. The zero-order valence-electron chi connectivity index (χ0n) is 34.6. The van der Waals surface area contributed by atoms with Crippen LogP contribution in [0.25, 0.3) is 98.4 Å². The summed E-state index contributed by atoms with van der Waals surface area (Å²) in [5, 5.41) is 12.5. The monoisotopic (exact) mass is 799 g/mol. The number of rotatable bonds is 7. The van der Waals surface area contributed by atoms with E-state index in [1.165, 1.54) is 98.4 Å². The molecule has 0 atom stereocenters. The lowest BCUT2D eigenvalue weighted by molar-refractivity contribution is 1.30. The predicted octanol–water partition coefficient (Wildman–Crippen LogP) is 17.6. The van der Waals surface area contributed by atoms with Crippen molar-refractivity contribution in [3.05, 3.63) is 249 Å². The molecule has 0 aliphatic rings. The van der Waals surface area contributed by atoms with Gasteiger partial charge in [0.2, 0.25) is 0 Å². The zero-order valence-corrected chi connectivity index (χ0v) is 34.6. The number of anilines is 3. The van der Waals surface area contributed by atoms with Crippen molar-refractivity contribution in [1.29, 1.82) is 0 Å². The molecular weight excluding hydrogens is 759 g/mol. The van der Waals surface area contributed by atoms with E-state index in [-0.39, 0.29) is 0 Å². The van der Waals surface area contributed by atoms with E-state index < -0.39 is 0 Å². The molecule has 0 aliphatic carbocycles. The zero-order chi connectivity index (χ0) is 41.7. The minimum atomic E-state index is 1.10. The van der Waals surface area contributed by atoms with E-state index in [0.29, 0.717) is 0 Å². The molecule has 0 fully saturated rings. The summed E-state index contributed by atoms with van der Waals surface area (Å²) in [5.41, 5.74) is 13.1. The summed E-state index contributed by atoms with van der Waals surface area (Å²) in [6.07, 6.45) is 0. The summed E-state index contributed by atoms with van der Waals surface area (Å²) >= 11 is 0. The molecule has 12 aromatic rings. The van der Waals surface area contributed by atoms with Crippen LogP contribution in [0.3, 0.4) is 0 Å². The Morgan fingerprint density at radius 2 is 0.635 bits per heavy atom. The Bertz CT molecular complexity index is 3640. The third-order valence-corrected chi connectivity index (χ3v) is 12.8. The highest BCUT2D eigenvalue weighted by Crippen LogP contribution is 2.46. The first-order valence-corrected chi connectivity index (χ1v) is 21.7. The molecule has 0 bridgehead atoms. The smallest absolute Gasteiger partial charge is 0.0540 e. The second-order valence-electron chi connectivity index (χ2n) is 16.4. The first-order valence-electron chi connectivity index (χ1n) is 21.7. The fourth-order valence-corrected chi connectivity index (χ4v) is 9.81. The van der Waals surface area contributed by atoms with Crippen LogP contribution >= 0.6 is 0 Å². The Kier molecular flexibility index (Phi) is 8.90. The lowest BCUT2D eigenvalue weighted by Gasteiger charge is -2.27. The van der Waals surface area contributed by atoms with Crippen LogP contribution in [0.15, 0.2) is 249 Å². The number of hydrogen-bond acceptors (Lipinski definition) is 1. The molecule has 0 aliphatic heterocycles. The Hall–Kier alpha value is -8.26. The summed E-state index contributed by atoms with van der Waals surface area (Å²) in [6, 6.07) is 91.0. The topological polar surface area (TPSA) is 3.24 Å². The average molecular weight is 800 g/mol. The van der Waals surface area contributed by atoms with Gasteiger partial charge in [0.15, 0.2) is 0 Å². The number of benzene rings is 12. The Morgan fingerprint density at radius 1 is 0.206 bits per heavy atom. The molecule has 0 N–H and O–H groups in total. The summed E-state index contributed by atoms with van der Waals surface area (Å²) in [7, 11) is 0. The normalized spacial score (nSPS) is 11.5. The second kappa shape index (κ2) is 15.3. The average Bonchev–Trinajstić information content (AvgIpc) is 3.36. The van der Waals surface area contributed by atoms with Crippen LogP contribution in [0, 0.1) is 0 Å². The number of hydrogen-bond donors (Lipinski definition) is 0. The number of nitrogens with zero attached hydrogens (tertiary/aromatic N) is 1. The van der Waals surface area contributed by atoms with Crippen molar-refractivity contribution in [2.45, 2.75) is 0 Å². The minimum absolute atomic E-state index is 1.10. The molecular formula is C62H41N. The maximum Gasteiger partial charge on any atom is 0.0540 e. The van der Waals surface area contributed by atoms with Crippen LogP contribution < -0.4 is 4.90 Å². The predicted molar refractivity (Wildman–Crippen MR) is 270 cm³/mol. The van der Waals surface area contributed by atoms with Gasteiger partial charge < -0.3 is 4.90 Å². The molecule has 0 unspecified atom stereocenters. The van der Waals surface area contributed by atoms with Gasteiger partial charge in [-0.3, -0.25) is 0 Å². The molecule has 294 valence electrons. The highest BCUT2D eigenvalue weighted by molar-refractivity contribution is 6.22. The Morgan fingerprint density at radius 3 is 1.29 bits per heavy atom. The standard InChI is InChI=1S/C62H41N/c1-3-16-46(17-4-1)61-58-24-12-11-23-56(58)57-39-33-49(41-59(57)62(61)47-18-5-2-6-19-47)43-30-36-52(37-31-43)63(60-25-13-20-44-14-8-10-22-55(44)60)51-34-28-42(29-35-51)48-32-38-54-50(40-48)27-26-45-15-7-9-21-53(45)54/h1-41H. The number of fused-ring (bicyclic) bond motifs is 7. The van der Waals surface area contributed by atoms with Gasteiger partial charge in [0, 0.05) is 16.8 Å². The van der Waals surface area contributed by atoms with Crippen LogP contribution in [-0.2, 0) is 0 Å². The lowest BCUT2D eigenvalue weighted by atomic mass is 9.84. The molecule has 0 aromatic heterocycles. The third kappa shape index (κ3) is 6.42. The first-order chi connectivity index (χ1) is 31.2. The van der Waals surface area contributed by atoms with Crippen LogP contribution in [0.1, 0.15) is 0 Å². The van der Waals surface area contributed by atoms with Gasteiger partial charge in [0.1, 0.15) is 0 Å². The minimum Gasteiger partial charge on any atom is -0.310 e. The molecule has 0 saturated carbocycles. The maximum atomic E-state index is 2.40. The summed E-state index contributed by atoms with van der Waals surface area (Å²) in [5.74, 6) is 0. The van der Waals surface area contributed by atoms with Gasteiger partial charge in [0.25, 0.3) is 0 Å². The quantitative estimate of drug-likeness (QED) is 0.145. The third-order valence-electron chi connectivity index (χ3n) is 12.8. The van der Waals surface area contributed by atoms with Crippen molar-refractivity contribution >= 4 is 70.9 Å². The fraction of sp³-hybridized carbons (Fsp3) is 0. The Labute approximate surface area is 367 Å². The second-order valence-corrected chi connectivity index (χ2v) is 16.4. The lowest BCUT2D eigenvalue weighted by Crippen LogP contribution is -2.10. The van der Waals surface area contributed by atoms with Crippen LogP contribution in [-0.4, -0.2) is 0 Å². The SMILES string of the molecule is c1ccc(-c2c(-c3ccccc3)c3cc(-c4ccc(N(c5ccc(-c6ccc7c(ccc8ccccc87)c6)cc5)c5cccc6ccccc56)cc4)ccc3c3ccccc23)cc1. The maximum absolute atomic E-state index is 2.40.